The maximum atomic E-state index is 10.6. The third-order valence-corrected chi connectivity index (χ3v) is 3.18. The molecule has 1 aromatic heterocycles. The van der Waals surface area contributed by atoms with Crippen LogP contribution in [0.15, 0.2) is 36.7 Å². The summed E-state index contributed by atoms with van der Waals surface area (Å²) in [7, 11) is 1.63. The summed E-state index contributed by atoms with van der Waals surface area (Å²) in [5.41, 5.74) is 1.81. The van der Waals surface area contributed by atoms with Crippen molar-refractivity contribution >= 4 is 12.0 Å². The Hall–Kier alpha value is -2.56. The van der Waals surface area contributed by atoms with Crippen molar-refractivity contribution in [1.29, 1.82) is 0 Å². The molecule has 1 heterocycles. The molecule has 0 unspecified atom stereocenters. The third-order valence-electron chi connectivity index (χ3n) is 3.18. The van der Waals surface area contributed by atoms with Gasteiger partial charge in [0.1, 0.15) is 11.6 Å². The van der Waals surface area contributed by atoms with Crippen LogP contribution in [0.3, 0.4) is 0 Å². The minimum absolute atomic E-state index is 0.640. The minimum atomic E-state index is -0.963. The van der Waals surface area contributed by atoms with E-state index in [1.165, 1.54) is 0 Å². The lowest BCUT2D eigenvalue weighted by atomic mass is 10.1. The summed E-state index contributed by atoms with van der Waals surface area (Å²) in [4.78, 5) is 14.9. The van der Waals surface area contributed by atoms with Crippen LogP contribution in [-0.2, 0) is 17.8 Å². The molecule has 0 aliphatic carbocycles. The molecular formula is C16H18N2O3. The molecule has 0 spiro atoms. The smallest absolute Gasteiger partial charge is 0.328 e. The fourth-order valence-corrected chi connectivity index (χ4v) is 2.18. The molecule has 1 N–H and O–H groups in total. The second kappa shape index (κ2) is 6.74. The zero-order valence-corrected chi connectivity index (χ0v) is 12.1. The number of aryl methyl sites for hydroxylation is 1. The number of carboxylic acid groups (broad SMARTS) is 1. The van der Waals surface area contributed by atoms with E-state index in [1.54, 1.807) is 19.4 Å². The lowest BCUT2D eigenvalue weighted by molar-refractivity contribution is -0.131. The number of benzene rings is 1. The highest BCUT2D eigenvalue weighted by Gasteiger charge is 2.07. The van der Waals surface area contributed by atoms with Crippen molar-refractivity contribution in [2.45, 2.75) is 19.9 Å². The SMILES string of the molecule is CCc1nccn1Cc1cc(/C=C/C(=O)O)ccc1OC. The predicted octanol–water partition coefficient (Wildman–Crippen LogP) is 2.60. The van der Waals surface area contributed by atoms with Gasteiger partial charge in [0, 0.05) is 30.5 Å². The topological polar surface area (TPSA) is 64.4 Å². The van der Waals surface area contributed by atoms with Gasteiger partial charge in [-0.25, -0.2) is 9.78 Å². The van der Waals surface area contributed by atoms with Crippen LogP contribution in [0, 0.1) is 0 Å². The van der Waals surface area contributed by atoms with Gasteiger partial charge in [0.25, 0.3) is 0 Å². The molecule has 0 saturated carbocycles. The van der Waals surface area contributed by atoms with Crippen LogP contribution in [-0.4, -0.2) is 27.7 Å². The quantitative estimate of drug-likeness (QED) is 0.829. The van der Waals surface area contributed by atoms with Crippen LogP contribution < -0.4 is 4.74 Å². The van der Waals surface area contributed by atoms with Crippen molar-refractivity contribution in [1.82, 2.24) is 9.55 Å². The number of carboxylic acids is 1. The van der Waals surface area contributed by atoms with Crippen molar-refractivity contribution < 1.29 is 14.6 Å². The number of methoxy groups -OCH3 is 1. The molecule has 0 saturated heterocycles. The summed E-state index contributed by atoms with van der Waals surface area (Å²) in [5.74, 6) is 0.817. The van der Waals surface area contributed by atoms with Crippen molar-refractivity contribution in [2.75, 3.05) is 7.11 Å². The molecule has 2 rings (SSSR count). The highest BCUT2D eigenvalue weighted by atomic mass is 16.5. The number of aliphatic carboxylic acids is 1. The van der Waals surface area contributed by atoms with Crippen molar-refractivity contribution in [2.24, 2.45) is 0 Å². The molecule has 21 heavy (non-hydrogen) atoms. The second-order valence-electron chi connectivity index (χ2n) is 4.57. The Morgan fingerprint density at radius 1 is 1.48 bits per heavy atom. The molecule has 0 amide bonds. The number of imidazole rings is 1. The fraction of sp³-hybridized carbons (Fsp3) is 0.250. The average Bonchev–Trinajstić information content (AvgIpc) is 2.92. The maximum absolute atomic E-state index is 10.6. The van der Waals surface area contributed by atoms with Gasteiger partial charge in [-0.15, -0.1) is 0 Å². The first kappa shape index (κ1) is 14.8. The van der Waals surface area contributed by atoms with Gasteiger partial charge in [0.15, 0.2) is 0 Å². The van der Waals surface area contributed by atoms with E-state index in [4.69, 9.17) is 9.84 Å². The largest absolute Gasteiger partial charge is 0.496 e. The Balaban J connectivity index is 2.32. The first-order valence-corrected chi connectivity index (χ1v) is 6.72. The molecule has 2 aromatic rings. The van der Waals surface area contributed by atoms with E-state index in [9.17, 15) is 4.79 Å². The van der Waals surface area contributed by atoms with Gasteiger partial charge >= 0.3 is 5.97 Å². The first-order valence-electron chi connectivity index (χ1n) is 6.72. The van der Waals surface area contributed by atoms with Gasteiger partial charge in [-0.05, 0) is 23.8 Å². The molecule has 5 nitrogen and oxygen atoms in total. The lowest BCUT2D eigenvalue weighted by Gasteiger charge is -2.12. The molecular weight excluding hydrogens is 268 g/mol. The summed E-state index contributed by atoms with van der Waals surface area (Å²) >= 11 is 0. The number of ether oxygens (including phenoxy) is 1. The van der Waals surface area contributed by atoms with E-state index in [1.807, 2.05) is 24.4 Å². The Morgan fingerprint density at radius 2 is 2.29 bits per heavy atom. The Bertz CT molecular complexity index is 659. The molecule has 1 aromatic carbocycles. The Morgan fingerprint density at radius 3 is 2.95 bits per heavy atom. The molecule has 0 aliphatic heterocycles. The summed E-state index contributed by atoms with van der Waals surface area (Å²) in [6.07, 6.45) is 7.26. The Kier molecular flexibility index (Phi) is 4.77. The monoisotopic (exact) mass is 286 g/mol. The number of hydrogen-bond acceptors (Lipinski definition) is 3. The number of aromatic nitrogens is 2. The van der Waals surface area contributed by atoms with E-state index in [-0.39, 0.29) is 0 Å². The maximum Gasteiger partial charge on any atom is 0.328 e. The fourth-order valence-electron chi connectivity index (χ4n) is 2.18. The van der Waals surface area contributed by atoms with Crippen LogP contribution in [0.4, 0.5) is 0 Å². The number of hydrogen-bond donors (Lipinski definition) is 1. The van der Waals surface area contributed by atoms with Crippen molar-refractivity contribution in [3.8, 4) is 5.75 Å². The van der Waals surface area contributed by atoms with Gasteiger partial charge in [0.2, 0.25) is 0 Å². The molecule has 0 aliphatic rings. The molecule has 110 valence electrons. The zero-order chi connectivity index (χ0) is 15.2. The normalized spacial score (nSPS) is 11.0. The highest BCUT2D eigenvalue weighted by Crippen LogP contribution is 2.22. The zero-order valence-electron chi connectivity index (χ0n) is 12.1. The lowest BCUT2D eigenvalue weighted by Crippen LogP contribution is -2.05. The Labute approximate surface area is 123 Å². The van der Waals surface area contributed by atoms with Crippen LogP contribution in [0.5, 0.6) is 5.75 Å². The van der Waals surface area contributed by atoms with E-state index in [0.717, 1.165) is 35.2 Å². The predicted molar refractivity (Wildman–Crippen MR) is 80.4 cm³/mol. The molecule has 5 heteroatoms. The van der Waals surface area contributed by atoms with E-state index in [0.29, 0.717) is 6.54 Å². The van der Waals surface area contributed by atoms with Crippen LogP contribution in [0.1, 0.15) is 23.9 Å². The van der Waals surface area contributed by atoms with E-state index in [2.05, 4.69) is 16.5 Å². The first-order chi connectivity index (χ1) is 10.1. The van der Waals surface area contributed by atoms with E-state index < -0.39 is 5.97 Å². The van der Waals surface area contributed by atoms with Crippen molar-refractivity contribution in [3.63, 3.8) is 0 Å². The van der Waals surface area contributed by atoms with Gasteiger partial charge in [-0.2, -0.15) is 0 Å². The van der Waals surface area contributed by atoms with Crippen LogP contribution in [0.25, 0.3) is 6.08 Å². The summed E-state index contributed by atoms with van der Waals surface area (Å²) in [6, 6.07) is 5.60. The molecule has 0 bridgehead atoms. The van der Waals surface area contributed by atoms with E-state index >= 15 is 0 Å². The summed E-state index contributed by atoms with van der Waals surface area (Å²) in [5, 5.41) is 8.70. The number of nitrogens with zero attached hydrogens (tertiary/aromatic N) is 2. The second-order valence-corrected chi connectivity index (χ2v) is 4.57. The number of carbonyl (C=O) groups is 1. The highest BCUT2D eigenvalue weighted by molar-refractivity contribution is 5.85. The van der Waals surface area contributed by atoms with Gasteiger partial charge in [-0.3, -0.25) is 0 Å². The molecule has 0 atom stereocenters. The number of rotatable bonds is 6. The molecule has 0 radical (unpaired) electrons. The van der Waals surface area contributed by atoms with Crippen molar-refractivity contribution in [3.05, 3.63) is 53.6 Å². The van der Waals surface area contributed by atoms with Crippen LogP contribution in [0.2, 0.25) is 0 Å². The van der Waals surface area contributed by atoms with Crippen LogP contribution >= 0.6 is 0 Å². The standard InChI is InChI=1S/C16H18N2O3/c1-3-15-17-8-9-18(15)11-13-10-12(5-7-16(19)20)4-6-14(13)21-2/h4-10H,3,11H2,1-2H3,(H,19,20)/b7-5+. The van der Waals surface area contributed by atoms with Gasteiger partial charge < -0.3 is 14.4 Å². The molecule has 0 fully saturated rings. The third kappa shape index (κ3) is 3.72. The summed E-state index contributed by atoms with van der Waals surface area (Å²) in [6.45, 7) is 2.70. The average molecular weight is 286 g/mol. The van der Waals surface area contributed by atoms with Gasteiger partial charge in [0.05, 0.1) is 13.7 Å². The minimum Gasteiger partial charge on any atom is -0.496 e. The van der Waals surface area contributed by atoms with Gasteiger partial charge in [-0.1, -0.05) is 13.0 Å². The summed E-state index contributed by atoms with van der Waals surface area (Å²) < 4.78 is 7.43.